The molecule has 0 radical (unpaired) electrons. The Bertz CT molecular complexity index is 474. The summed E-state index contributed by atoms with van der Waals surface area (Å²) < 4.78 is 11.6. The van der Waals surface area contributed by atoms with Gasteiger partial charge in [0.25, 0.3) is 0 Å². The van der Waals surface area contributed by atoms with E-state index in [9.17, 15) is 0 Å². The first-order chi connectivity index (χ1) is 9.15. The molecule has 1 fully saturated rings. The van der Waals surface area contributed by atoms with E-state index in [0.717, 1.165) is 42.2 Å². The van der Waals surface area contributed by atoms with Crippen LogP contribution in [-0.4, -0.2) is 12.7 Å². The van der Waals surface area contributed by atoms with Crippen molar-refractivity contribution in [3.63, 3.8) is 0 Å². The Balaban J connectivity index is 1.88. The van der Waals surface area contributed by atoms with Gasteiger partial charge in [0, 0.05) is 18.0 Å². The zero-order chi connectivity index (χ0) is 13.5. The highest BCUT2D eigenvalue weighted by molar-refractivity contribution is 5.44. The van der Waals surface area contributed by atoms with E-state index in [4.69, 9.17) is 15.2 Å². The molecule has 0 aromatic heterocycles. The lowest BCUT2D eigenvalue weighted by Gasteiger charge is -2.39. The van der Waals surface area contributed by atoms with Crippen LogP contribution in [-0.2, 0) is 0 Å². The molecule has 1 aliphatic carbocycles. The van der Waals surface area contributed by atoms with Crippen LogP contribution in [0.1, 0.15) is 50.6 Å². The van der Waals surface area contributed by atoms with E-state index in [1.807, 2.05) is 18.2 Å². The Morgan fingerprint density at radius 2 is 2.26 bits per heavy atom. The van der Waals surface area contributed by atoms with Crippen LogP contribution in [0.3, 0.4) is 0 Å². The predicted octanol–water partition coefficient (Wildman–Crippen LogP) is 3.43. The molecule has 0 saturated heterocycles. The lowest BCUT2D eigenvalue weighted by molar-refractivity contribution is 0.0383. The van der Waals surface area contributed by atoms with Crippen molar-refractivity contribution < 1.29 is 9.47 Å². The van der Waals surface area contributed by atoms with E-state index in [-0.39, 0.29) is 11.6 Å². The summed E-state index contributed by atoms with van der Waals surface area (Å²) in [7, 11) is 1.68. The first kappa shape index (κ1) is 12.8. The summed E-state index contributed by atoms with van der Waals surface area (Å²) in [6, 6.07) is 6.04. The van der Waals surface area contributed by atoms with Crippen LogP contribution in [0.15, 0.2) is 18.2 Å². The van der Waals surface area contributed by atoms with E-state index in [1.54, 1.807) is 7.11 Å². The minimum absolute atomic E-state index is 0.0122. The molecule has 3 nitrogen and oxygen atoms in total. The number of benzene rings is 1. The monoisotopic (exact) mass is 261 g/mol. The van der Waals surface area contributed by atoms with Crippen LogP contribution >= 0.6 is 0 Å². The summed E-state index contributed by atoms with van der Waals surface area (Å²) >= 11 is 0. The Kier molecular flexibility index (Phi) is 3.17. The van der Waals surface area contributed by atoms with Gasteiger partial charge in [0.2, 0.25) is 0 Å². The number of fused-ring (bicyclic) bond motifs is 1. The molecule has 3 atom stereocenters. The average molecular weight is 261 g/mol. The van der Waals surface area contributed by atoms with Crippen LogP contribution in [0.5, 0.6) is 11.5 Å². The molecule has 1 spiro atoms. The highest BCUT2D eigenvalue weighted by atomic mass is 16.5. The Morgan fingerprint density at radius 3 is 2.95 bits per heavy atom. The maximum atomic E-state index is 6.38. The van der Waals surface area contributed by atoms with E-state index in [1.165, 1.54) is 12.8 Å². The molecule has 0 amide bonds. The van der Waals surface area contributed by atoms with Gasteiger partial charge in [-0.25, -0.2) is 0 Å². The van der Waals surface area contributed by atoms with Crippen molar-refractivity contribution in [2.24, 2.45) is 11.7 Å². The maximum absolute atomic E-state index is 6.38. The van der Waals surface area contributed by atoms with Crippen molar-refractivity contribution in [1.82, 2.24) is 0 Å². The van der Waals surface area contributed by atoms with Crippen LogP contribution in [0.2, 0.25) is 0 Å². The number of hydrogen-bond donors (Lipinski definition) is 1. The largest absolute Gasteiger partial charge is 0.497 e. The van der Waals surface area contributed by atoms with Gasteiger partial charge < -0.3 is 15.2 Å². The topological polar surface area (TPSA) is 44.5 Å². The van der Waals surface area contributed by atoms with Gasteiger partial charge in [0.05, 0.1) is 7.11 Å². The maximum Gasteiger partial charge on any atom is 0.125 e. The molecule has 2 aliphatic rings. The van der Waals surface area contributed by atoms with E-state index in [0.29, 0.717) is 0 Å². The SMILES string of the molecule is CCC1CCC2(C1)C[C@@H](N)c1cc(OC)ccc1O2. The van der Waals surface area contributed by atoms with Crippen molar-refractivity contribution >= 4 is 0 Å². The van der Waals surface area contributed by atoms with E-state index in [2.05, 4.69) is 6.92 Å². The third kappa shape index (κ3) is 2.20. The molecule has 2 unspecified atom stereocenters. The molecule has 104 valence electrons. The third-order valence-corrected chi connectivity index (χ3v) is 4.78. The van der Waals surface area contributed by atoms with Crippen molar-refractivity contribution in [1.29, 1.82) is 0 Å². The summed E-state index contributed by atoms with van der Waals surface area (Å²) in [5.74, 6) is 2.61. The summed E-state index contributed by atoms with van der Waals surface area (Å²) in [6.07, 6.45) is 5.75. The number of nitrogens with two attached hydrogens (primary N) is 1. The lowest BCUT2D eigenvalue weighted by Crippen LogP contribution is -2.40. The Hall–Kier alpha value is -1.22. The Morgan fingerprint density at radius 1 is 1.42 bits per heavy atom. The fourth-order valence-electron chi connectivity index (χ4n) is 3.65. The molecule has 2 N–H and O–H groups in total. The van der Waals surface area contributed by atoms with Crippen LogP contribution < -0.4 is 15.2 Å². The molecular formula is C16H23NO2. The molecule has 0 bridgehead atoms. The quantitative estimate of drug-likeness (QED) is 0.887. The van der Waals surface area contributed by atoms with Gasteiger partial charge >= 0.3 is 0 Å². The second kappa shape index (κ2) is 4.71. The molecule has 1 saturated carbocycles. The number of ether oxygens (including phenoxy) is 2. The average Bonchev–Trinajstić information content (AvgIpc) is 2.81. The Labute approximate surface area is 115 Å². The zero-order valence-corrected chi connectivity index (χ0v) is 11.8. The molecule has 1 heterocycles. The van der Waals surface area contributed by atoms with Crippen molar-refractivity contribution in [3.05, 3.63) is 23.8 Å². The molecular weight excluding hydrogens is 238 g/mol. The predicted molar refractivity (Wildman–Crippen MR) is 75.5 cm³/mol. The molecule has 1 aliphatic heterocycles. The van der Waals surface area contributed by atoms with Gasteiger partial charge in [0.1, 0.15) is 17.1 Å². The minimum atomic E-state index is -0.0122. The summed E-state index contributed by atoms with van der Waals surface area (Å²) in [5.41, 5.74) is 7.45. The third-order valence-electron chi connectivity index (χ3n) is 4.78. The number of hydrogen-bond acceptors (Lipinski definition) is 3. The van der Waals surface area contributed by atoms with Crippen LogP contribution in [0.4, 0.5) is 0 Å². The number of methoxy groups -OCH3 is 1. The van der Waals surface area contributed by atoms with Gasteiger partial charge in [-0.05, 0) is 43.4 Å². The summed E-state index contributed by atoms with van der Waals surface area (Å²) in [4.78, 5) is 0. The zero-order valence-electron chi connectivity index (χ0n) is 11.8. The second-order valence-electron chi connectivity index (χ2n) is 6.02. The van der Waals surface area contributed by atoms with E-state index >= 15 is 0 Å². The fraction of sp³-hybridized carbons (Fsp3) is 0.625. The first-order valence-corrected chi connectivity index (χ1v) is 7.28. The standard InChI is InChI=1S/C16H23NO2/c1-3-11-6-7-16(9-11)10-14(17)13-8-12(18-2)4-5-15(13)19-16/h4-5,8,11,14H,3,6-7,9-10,17H2,1-2H3/t11?,14-,16?/m1/s1. The van der Waals surface area contributed by atoms with E-state index < -0.39 is 0 Å². The lowest BCUT2D eigenvalue weighted by atomic mass is 9.85. The van der Waals surface area contributed by atoms with Gasteiger partial charge in [-0.1, -0.05) is 13.3 Å². The fourth-order valence-corrected chi connectivity index (χ4v) is 3.65. The summed E-state index contributed by atoms with van der Waals surface area (Å²) in [6.45, 7) is 2.27. The second-order valence-corrected chi connectivity index (χ2v) is 6.02. The normalized spacial score (nSPS) is 33.0. The van der Waals surface area contributed by atoms with Gasteiger partial charge in [0.15, 0.2) is 0 Å². The molecule has 19 heavy (non-hydrogen) atoms. The van der Waals surface area contributed by atoms with Crippen molar-refractivity contribution in [3.8, 4) is 11.5 Å². The minimum Gasteiger partial charge on any atom is -0.497 e. The first-order valence-electron chi connectivity index (χ1n) is 7.28. The van der Waals surface area contributed by atoms with Gasteiger partial charge in [-0.15, -0.1) is 0 Å². The van der Waals surface area contributed by atoms with Gasteiger partial charge in [-0.3, -0.25) is 0 Å². The summed E-state index contributed by atoms with van der Waals surface area (Å²) in [5, 5.41) is 0. The van der Waals surface area contributed by atoms with Gasteiger partial charge in [-0.2, -0.15) is 0 Å². The molecule has 1 aromatic rings. The highest BCUT2D eigenvalue weighted by Crippen LogP contribution is 2.49. The number of rotatable bonds is 2. The van der Waals surface area contributed by atoms with Crippen molar-refractivity contribution in [2.45, 2.75) is 50.7 Å². The molecule has 3 rings (SSSR count). The smallest absolute Gasteiger partial charge is 0.125 e. The van der Waals surface area contributed by atoms with Crippen LogP contribution in [0, 0.1) is 5.92 Å². The molecule has 1 aromatic carbocycles. The highest BCUT2D eigenvalue weighted by Gasteiger charge is 2.45. The van der Waals surface area contributed by atoms with Crippen LogP contribution in [0.25, 0.3) is 0 Å². The van der Waals surface area contributed by atoms with Crippen molar-refractivity contribution in [2.75, 3.05) is 7.11 Å². The molecule has 3 heteroatoms.